The second-order valence-corrected chi connectivity index (χ2v) is 7.07. The van der Waals surface area contributed by atoms with Crippen LogP contribution in [0.25, 0.3) is 11.0 Å². The number of anilines is 1. The maximum Gasteiger partial charge on any atom is 0.329 e. The summed E-state index contributed by atoms with van der Waals surface area (Å²) in [6.07, 6.45) is 0. The Hall–Kier alpha value is -2.34. The topological polar surface area (TPSA) is 56.0 Å². The van der Waals surface area contributed by atoms with Crippen LogP contribution in [0.1, 0.15) is 32.3 Å². The van der Waals surface area contributed by atoms with Crippen LogP contribution in [0, 0.1) is 0 Å². The minimum absolute atomic E-state index is 0.0296. The van der Waals surface area contributed by atoms with Gasteiger partial charge >= 0.3 is 5.69 Å². The molecule has 0 aliphatic heterocycles. The number of rotatable bonds is 5. The van der Waals surface area contributed by atoms with E-state index in [1.54, 1.807) is 9.13 Å². The highest BCUT2D eigenvalue weighted by atomic mass is 79.9. The van der Waals surface area contributed by atoms with E-state index < -0.39 is 0 Å². The Labute approximate surface area is 160 Å². The van der Waals surface area contributed by atoms with Crippen LogP contribution < -0.4 is 11.0 Å². The third-order valence-electron chi connectivity index (χ3n) is 4.69. The lowest BCUT2D eigenvalue weighted by molar-refractivity contribution is -0.117. The van der Waals surface area contributed by atoms with Crippen molar-refractivity contribution in [3.8, 4) is 0 Å². The molecular formula is C20H22BrN3O2. The summed E-state index contributed by atoms with van der Waals surface area (Å²) in [6.45, 7) is 6.96. The summed E-state index contributed by atoms with van der Waals surface area (Å²) in [5, 5.41) is 2.99. The number of carbonyl (C=O) groups excluding carboxylic acids is 1. The van der Waals surface area contributed by atoms with E-state index in [2.05, 4.69) is 21.2 Å². The van der Waals surface area contributed by atoms with Crippen LogP contribution in [0.5, 0.6) is 0 Å². The van der Waals surface area contributed by atoms with Gasteiger partial charge in [-0.05, 0) is 54.4 Å². The SMILES string of the molecule is CCn1c(=O)n(CC)c2cc(NC(=O)C(C)c3ccccc3)c(Br)cc21. The molecule has 0 saturated heterocycles. The van der Waals surface area contributed by atoms with Gasteiger partial charge in [-0.15, -0.1) is 0 Å². The number of halogens is 1. The molecule has 1 aromatic heterocycles. The molecule has 3 aromatic rings. The lowest BCUT2D eigenvalue weighted by atomic mass is 10.0. The first kappa shape index (κ1) is 18.5. The Morgan fingerprint density at radius 1 is 1.08 bits per heavy atom. The number of benzene rings is 2. The summed E-state index contributed by atoms with van der Waals surface area (Å²) in [5.74, 6) is -0.357. The van der Waals surface area contributed by atoms with Crippen molar-refractivity contribution in [1.29, 1.82) is 0 Å². The minimum atomic E-state index is -0.271. The van der Waals surface area contributed by atoms with E-state index >= 15 is 0 Å². The standard InChI is InChI=1S/C20H22BrN3O2/c1-4-23-17-11-15(21)16(12-18(17)24(5-2)20(23)26)22-19(25)13(3)14-9-7-6-8-10-14/h6-13H,4-5H2,1-3H3,(H,22,25). The predicted octanol–water partition coefficient (Wildman–Crippen LogP) is 4.35. The van der Waals surface area contributed by atoms with E-state index in [9.17, 15) is 9.59 Å². The van der Waals surface area contributed by atoms with Gasteiger partial charge in [0.1, 0.15) is 0 Å². The van der Waals surface area contributed by atoms with Crippen LogP contribution in [0.2, 0.25) is 0 Å². The molecule has 0 aliphatic carbocycles. The quantitative estimate of drug-likeness (QED) is 0.673. The normalized spacial score (nSPS) is 12.3. The van der Waals surface area contributed by atoms with Gasteiger partial charge in [0.25, 0.3) is 0 Å². The highest BCUT2D eigenvalue weighted by molar-refractivity contribution is 9.10. The number of imidazole rings is 1. The Kier molecular flexibility index (Phi) is 5.32. The molecule has 1 unspecified atom stereocenters. The first-order valence-electron chi connectivity index (χ1n) is 8.76. The summed E-state index contributed by atoms with van der Waals surface area (Å²) in [5.41, 5.74) is 3.29. The fourth-order valence-corrected chi connectivity index (χ4v) is 3.61. The molecule has 0 fully saturated rings. The van der Waals surface area contributed by atoms with Crippen LogP contribution in [0.3, 0.4) is 0 Å². The summed E-state index contributed by atoms with van der Waals surface area (Å²) in [4.78, 5) is 25.2. The van der Waals surface area contributed by atoms with Crippen LogP contribution >= 0.6 is 15.9 Å². The largest absolute Gasteiger partial charge is 0.329 e. The zero-order valence-electron chi connectivity index (χ0n) is 15.1. The van der Waals surface area contributed by atoms with Gasteiger partial charge in [-0.1, -0.05) is 30.3 Å². The second-order valence-electron chi connectivity index (χ2n) is 6.21. The molecule has 2 aromatic carbocycles. The van der Waals surface area contributed by atoms with Crippen molar-refractivity contribution in [2.24, 2.45) is 0 Å². The van der Waals surface area contributed by atoms with Crippen LogP contribution in [0.4, 0.5) is 5.69 Å². The van der Waals surface area contributed by atoms with E-state index in [-0.39, 0.29) is 17.5 Å². The maximum absolute atomic E-state index is 12.7. The van der Waals surface area contributed by atoms with Gasteiger partial charge in [-0.3, -0.25) is 13.9 Å². The molecule has 5 nitrogen and oxygen atoms in total. The number of nitrogens with zero attached hydrogens (tertiary/aromatic N) is 2. The monoisotopic (exact) mass is 415 g/mol. The van der Waals surface area contributed by atoms with E-state index in [0.717, 1.165) is 21.1 Å². The third kappa shape index (κ3) is 3.21. The van der Waals surface area contributed by atoms with Gasteiger partial charge in [-0.2, -0.15) is 0 Å². The summed E-state index contributed by atoms with van der Waals surface area (Å²) in [6, 6.07) is 13.4. The summed E-state index contributed by atoms with van der Waals surface area (Å²) < 4.78 is 4.22. The van der Waals surface area contributed by atoms with Gasteiger partial charge in [-0.25, -0.2) is 4.79 Å². The van der Waals surface area contributed by atoms with Crippen LogP contribution in [-0.4, -0.2) is 15.0 Å². The number of hydrogen-bond acceptors (Lipinski definition) is 2. The molecule has 136 valence electrons. The van der Waals surface area contributed by atoms with Crippen molar-refractivity contribution in [1.82, 2.24) is 9.13 Å². The molecule has 1 atom stereocenters. The molecule has 1 amide bonds. The third-order valence-corrected chi connectivity index (χ3v) is 5.35. The average Bonchev–Trinajstić information content (AvgIpc) is 2.91. The van der Waals surface area contributed by atoms with Gasteiger partial charge in [0.05, 0.1) is 22.6 Å². The van der Waals surface area contributed by atoms with Crippen molar-refractivity contribution in [2.75, 3.05) is 5.32 Å². The minimum Gasteiger partial charge on any atom is -0.324 e. The average molecular weight is 416 g/mol. The number of fused-ring (bicyclic) bond motifs is 1. The molecule has 0 spiro atoms. The predicted molar refractivity (Wildman–Crippen MR) is 109 cm³/mol. The summed E-state index contributed by atoms with van der Waals surface area (Å²) in [7, 11) is 0. The van der Waals surface area contributed by atoms with Gasteiger partial charge in [0, 0.05) is 17.6 Å². The highest BCUT2D eigenvalue weighted by Crippen LogP contribution is 2.29. The highest BCUT2D eigenvalue weighted by Gasteiger charge is 2.18. The Morgan fingerprint density at radius 2 is 1.65 bits per heavy atom. The van der Waals surface area contributed by atoms with E-state index in [1.165, 1.54) is 0 Å². The molecule has 26 heavy (non-hydrogen) atoms. The van der Waals surface area contributed by atoms with Gasteiger partial charge < -0.3 is 5.32 Å². The number of nitrogens with one attached hydrogen (secondary N) is 1. The van der Waals surface area contributed by atoms with E-state index in [4.69, 9.17) is 0 Å². The molecule has 0 saturated carbocycles. The lowest BCUT2D eigenvalue weighted by Crippen LogP contribution is -2.23. The number of amides is 1. The molecule has 0 radical (unpaired) electrons. The van der Waals surface area contributed by atoms with Crippen LogP contribution in [0.15, 0.2) is 51.7 Å². The van der Waals surface area contributed by atoms with Gasteiger partial charge in [0.2, 0.25) is 5.91 Å². The Balaban J connectivity index is 1.99. The Bertz CT molecular complexity index is 1010. The van der Waals surface area contributed by atoms with Crippen molar-refractivity contribution in [2.45, 2.75) is 39.8 Å². The van der Waals surface area contributed by atoms with Crippen molar-refractivity contribution in [3.05, 3.63) is 63.0 Å². The molecule has 6 heteroatoms. The number of hydrogen-bond donors (Lipinski definition) is 1. The fraction of sp³-hybridized carbons (Fsp3) is 0.300. The summed E-state index contributed by atoms with van der Waals surface area (Å²) >= 11 is 3.53. The molecule has 0 aliphatic rings. The Morgan fingerprint density at radius 3 is 2.23 bits per heavy atom. The zero-order chi connectivity index (χ0) is 18.8. The van der Waals surface area contributed by atoms with Crippen molar-refractivity contribution >= 4 is 38.6 Å². The molecule has 0 bridgehead atoms. The number of aromatic nitrogens is 2. The van der Waals surface area contributed by atoms with Gasteiger partial charge in [0.15, 0.2) is 0 Å². The second kappa shape index (κ2) is 7.50. The zero-order valence-corrected chi connectivity index (χ0v) is 16.7. The maximum atomic E-state index is 12.7. The van der Waals surface area contributed by atoms with Crippen molar-refractivity contribution in [3.63, 3.8) is 0 Å². The smallest absolute Gasteiger partial charge is 0.324 e. The first-order chi connectivity index (χ1) is 12.5. The van der Waals surface area contributed by atoms with E-state index in [1.807, 2.05) is 63.2 Å². The number of carbonyl (C=O) groups is 1. The molecule has 3 rings (SSSR count). The molecule has 1 N–H and O–H groups in total. The molecular weight excluding hydrogens is 394 g/mol. The lowest BCUT2D eigenvalue weighted by Gasteiger charge is -2.14. The number of aryl methyl sites for hydroxylation is 2. The molecule has 1 heterocycles. The van der Waals surface area contributed by atoms with Crippen LogP contribution in [-0.2, 0) is 17.9 Å². The van der Waals surface area contributed by atoms with E-state index in [0.29, 0.717) is 18.8 Å². The van der Waals surface area contributed by atoms with Crippen molar-refractivity contribution < 1.29 is 4.79 Å². The fourth-order valence-electron chi connectivity index (χ4n) is 3.18. The first-order valence-corrected chi connectivity index (χ1v) is 9.55.